The number of allylic oxidation sites excluding steroid dienone is 2. The van der Waals surface area contributed by atoms with Gasteiger partial charge < -0.3 is 9.47 Å². The van der Waals surface area contributed by atoms with Gasteiger partial charge in [-0.1, -0.05) is 36.4 Å². The van der Waals surface area contributed by atoms with Crippen molar-refractivity contribution in [3.8, 4) is 16.9 Å². The summed E-state index contributed by atoms with van der Waals surface area (Å²) in [5.74, 6) is -6.33. The Hall–Kier alpha value is -3.26. The van der Waals surface area contributed by atoms with Crippen LogP contribution in [0, 0.1) is 40.8 Å². The molecule has 3 aromatic carbocycles. The molecule has 5 rings (SSSR count). The quantitative estimate of drug-likeness (QED) is 0.153. The van der Waals surface area contributed by atoms with Crippen molar-refractivity contribution >= 4 is 0 Å². The first-order valence-corrected chi connectivity index (χ1v) is 16.5. The van der Waals surface area contributed by atoms with Crippen LogP contribution in [0.3, 0.4) is 0 Å². The number of halogens is 6. The van der Waals surface area contributed by atoms with Gasteiger partial charge in [-0.05, 0) is 125 Å². The third-order valence-electron chi connectivity index (χ3n) is 9.73. The van der Waals surface area contributed by atoms with E-state index >= 15 is 8.78 Å². The maximum Gasteiger partial charge on any atom is 0.201 e. The molecule has 0 aliphatic heterocycles. The van der Waals surface area contributed by atoms with Gasteiger partial charge in [0.05, 0.1) is 12.7 Å². The van der Waals surface area contributed by atoms with Gasteiger partial charge in [-0.3, -0.25) is 0 Å². The van der Waals surface area contributed by atoms with E-state index < -0.39 is 34.9 Å². The van der Waals surface area contributed by atoms with Crippen LogP contribution in [0.15, 0.2) is 48.6 Å². The fraction of sp³-hybridized carbons (Fsp3) is 0.474. The molecule has 2 nitrogen and oxygen atoms in total. The lowest BCUT2D eigenvalue weighted by Gasteiger charge is -2.33. The molecule has 2 aliphatic rings. The molecule has 46 heavy (non-hydrogen) atoms. The molecule has 0 radical (unpaired) electrons. The minimum Gasteiger partial charge on any atom is -0.491 e. The highest BCUT2D eigenvalue weighted by Gasteiger charge is 2.30. The third kappa shape index (κ3) is 7.48. The van der Waals surface area contributed by atoms with E-state index in [9.17, 15) is 17.6 Å². The summed E-state index contributed by atoms with van der Waals surface area (Å²) in [6, 6.07) is 8.66. The fourth-order valence-corrected chi connectivity index (χ4v) is 7.07. The van der Waals surface area contributed by atoms with Gasteiger partial charge in [0, 0.05) is 17.7 Å². The van der Waals surface area contributed by atoms with Crippen molar-refractivity contribution in [2.45, 2.75) is 96.0 Å². The molecule has 248 valence electrons. The lowest BCUT2D eigenvalue weighted by molar-refractivity contribution is -0.00294. The van der Waals surface area contributed by atoms with E-state index in [1.54, 1.807) is 19.1 Å². The Kier molecular flexibility index (Phi) is 11.5. The van der Waals surface area contributed by atoms with Gasteiger partial charge in [0.1, 0.15) is 0 Å². The summed E-state index contributed by atoms with van der Waals surface area (Å²) in [6.07, 6.45) is 11.0. The van der Waals surface area contributed by atoms with Crippen LogP contribution in [0.5, 0.6) is 5.75 Å². The van der Waals surface area contributed by atoms with Crippen molar-refractivity contribution in [1.82, 2.24) is 0 Å². The molecule has 0 aromatic heterocycles. The lowest BCUT2D eigenvalue weighted by atomic mass is 9.78. The number of benzene rings is 3. The first-order valence-electron chi connectivity index (χ1n) is 16.5. The summed E-state index contributed by atoms with van der Waals surface area (Å²) < 4.78 is 100. The molecule has 0 heterocycles. The van der Waals surface area contributed by atoms with Gasteiger partial charge in [0.2, 0.25) is 5.82 Å². The normalized spacial score (nSPS) is 22.0. The molecule has 2 aliphatic carbocycles. The molecule has 2 saturated carbocycles. The van der Waals surface area contributed by atoms with Crippen molar-refractivity contribution in [1.29, 1.82) is 0 Å². The Bertz CT molecular complexity index is 1520. The Morgan fingerprint density at radius 2 is 1.22 bits per heavy atom. The van der Waals surface area contributed by atoms with Crippen LogP contribution in [0.25, 0.3) is 11.1 Å². The zero-order valence-corrected chi connectivity index (χ0v) is 26.5. The Morgan fingerprint density at radius 3 is 1.85 bits per heavy atom. The van der Waals surface area contributed by atoms with E-state index in [2.05, 4.69) is 0 Å². The fourth-order valence-electron chi connectivity index (χ4n) is 7.07. The Balaban J connectivity index is 1.11. The van der Waals surface area contributed by atoms with Crippen molar-refractivity contribution in [2.24, 2.45) is 5.92 Å². The SMILES string of the molecule is C/C=C/CCc1ccc(C2CCC(COC3CCC(c4ccc(-c5ccc(OCC)c(F)c5F)c(F)c4F)CC3)CC2)c(F)c1F. The first-order chi connectivity index (χ1) is 22.2. The van der Waals surface area contributed by atoms with E-state index in [0.29, 0.717) is 62.2 Å². The smallest absolute Gasteiger partial charge is 0.201 e. The van der Waals surface area contributed by atoms with E-state index in [-0.39, 0.29) is 47.0 Å². The van der Waals surface area contributed by atoms with E-state index in [1.165, 1.54) is 24.3 Å². The van der Waals surface area contributed by atoms with Gasteiger partial charge in [-0.25, -0.2) is 22.0 Å². The van der Waals surface area contributed by atoms with Crippen LogP contribution in [0.2, 0.25) is 0 Å². The van der Waals surface area contributed by atoms with E-state index in [0.717, 1.165) is 25.7 Å². The maximum atomic E-state index is 15.2. The zero-order valence-electron chi connectivity index (χ0n) is 26.5. The molecule has 8 heteroatoms. The van der Waals surface area contributed by atoms with Crippen LogP contribution in [0.4, 0.5) is 26.3 Å². The first kappa shape index (κ1) is 34.1. The second-order valence-corrected chi connectivity index (χ2v) is 12.6. The number of ether oxygens (including phenoxy) is 2. The zero-order chi connectivity index (χ0) is 32.8. The summed E-state index contributed by atoms with van der Waals surface area (Å²) in [4.78, 5) is 0. The minimum atomic E-state index is -1.28. The maximum absolute atomic E-state index is 15.2. The Labute approximate surface area is 267 Å². The molecule has 0 bridgehead atoms. The molecule has 0 spiro atoms. The second-order valence-electron chi connectivity index (χ2n) is 12.6. The highest BCUT2D eigenvalue weighted by atomic mass is 19.2. The summed E-state index contributed by atoms with van der Waals surface area (Å²) in [5, 5.41) is 0. The highest BCUT2D eigenvalue weighted by Crippen LogP contribution is 2.41. The van der Waals surface area contributed by atoms with Crippen LogP contribution < -0.4 is 4.74 Å². The van der Waals surface area contributed by atoms with Crippen LogP contribution >= 0.6 is 0 Å². The van der Waals surface area contributed by atoms with Crippen LogP contribution in [0.1, 0.15) is 100 Å². The van der Waals surface area contributed by atoms with Gasteiger partial charge in [-0.2, -0.15) is 4.39 Å². The summed E-state index contributed by atoms with van der Waals surface area (Å²) in [7, 11) is 0. The van der Waals surface area contributed by atoms with E-state index in [1.807, 2.05) is 19.1 Å². The molecule has 0 N–H and O–H groups in total. The number of rotatable bonds is 11. The van der Waals surface area contributed by atoms with Crippen LogP contribution in [-0.4, -0.2) is 19.3 Å². The monoisotopic (exact) mass is 644 g/mol. The molecule has 0 unspecified atom stereocenters. The number of hydrogen-bond acceptors (Lipinski definition) is 2. The van der Waals surface area contributed by atoms with Crippen LogP contribution in [-0.2, 0) is 11.2 Å². The van der Waals surface area contributed by atoms with Crippen molar-refractivity contribution in [2.75, 3.05) is 13.2 Å². The minimum absolute atomic E-state index is 0.00240. The molecule has 0 saturated heterocycles. The number of aryl methyl sites for hydroxylation is 1. The van der Waals surface area contributed by atoms with Crippen molar-refractivity contribution in [3.05, 3.63) is 100 Å². The summed E-state index contributed by atoms with van der Waals surface area (Å²) in [6.45, 7) is 4.26. The van der Waals surface area contributed by atoms with Gasteiger partial charge in [0.15, 0.2) is 34.8 Å². The molecular weight excluding hydrogens is 602 g/mol. The third-order valence-corrected chi connectivity index (χ3v) is 9.73. The van der Waals surface area contributed by atoms with E-state index in [4.69, 9.17) is 9.47 Å². The molecule has 0 atom stereocenters. The van der Waals surface area contributed by atoms with Crippen molar-refractivity contribution in [3.63, 3.8) is 0 Å². The Morgan fingerprint density at radius 1 is 0.652 bits per heavy atom. The average molecular weight is 645 g/mol. The number of hydrogen-bond donors (Lipinski definition) is 0. The molecule has 2 fully saturated rings. The average Bonchev–Trinajstić information content (AvgIpc) is 3.07. The predicted octanol–water partition coefficient (Wildman–Crippen LogP) is 11.1. The topological polar surface area (TPSA) is 18.5 Å². The predicted molar refractivity (Wildman–Crippen MR) is 168 cm³/mol. The molecular formula is C38H42F6O2. The molecule has 3 aromatic rings. The lowest BCUT2D eigenvalue weighted by Crippen LogP contribution is -2.26. The largest absolute Gasteiger partial charge is 0.491 e. The summed E-state index contributed by atoms with van der Waals surface area (Å²) in [5.41, 5.74) is 0.424. The van der Waals surface area contributed by atoms with Gasteiger partial charge in [0.25, 0.3) is 0 Å². The van der Waals surface area contributed by atoms with Gasteiger partial charge >= 0.3 is 0 Å². The molecule has 0 amide bonds. The summed E-state index contributed by atoms with van der Waals surface area (Å²) >= 11 is 0. The highest BCUT2D eigenvalue weighted by molar-refractivity contribution is 5.66. The van der Waals surface area contributed by atoms with Gasteiger partial charge in [-0.15, -0.1) is 0 Å². The van der Waals surface area contributed by atoms with Crippen molar-refractivity contribution < 1.29 is 35.8 Å². The standard InChI is InChI=1S/C38H42F6O2/c1-3-5-6-7-26-14-17-28(34(40)33(26)39)24-10-8-23(9-11-24)22-46-27-15-12-25(13-16-27)29-18-19-30(36(42)35(29)41)31-20-21-32(45-4-2)38(44)37(31)43/h3,5,14,17-21,23-25,27H,4,6-13,15-16,22H2,1-2H3/b5-3+. The second kappa shape index (κ2) is 15.6.